The number of nitrogens with one attached hydrogen (secondary N) is 3. The summed E-state index contributed by atoms with van der Waals surface area (Å²) >= 11 is 0. The molecular formula is C25H29N5O2S. The molecule has 0 spiro atoms. The van der Waals surface area contributed by atoms with E-state index >= 15 is 0 Å². The molecule has 1 fully saturated rings. The van der Waals surface area contributed by atoms with Crippen LogP contribution in [0.25, 0.3) is 10.9 Å². The topological polar surface area (TPSA) is 99.3 Å². The molecule has 0 saturated carbocycles. The number of rotatable bonds is 6. The first-order chi connectivity index (χ1) is 15.9. The van der Waals surface area contributed by atoms with Gasteiger partial charge in [-0.25, -0.2) is 17.4 Å². The van der Waals surface area contributed by atoms with Crippen molar-refractivity contribution in [2.24, 2.45) is 10.9 Å². The molecule has 0 aliphatic carbocycles. The Kier molecular flexibility index (Phi) is 6.76. The maximum atomic E-state index is 13.4. The fourth-order valence-electron chi connectivity index (χ4n) is 4.12. The summed E-state index contributed by atoms with van der Waals surface area (Å²) in [6.45, 7) is 8.51. The molecule has 1 aliphatic rings. The first kappa shape index (κ1) is 22.9. The van der Waals surface area contributed by atoms with E-state index in [9.17, 15) is 8.42 Å². The van der Waals surface area contributed by atoms with Gasteiger partial charge in [0, 0.05) is 23.7 Å². The third-order valence-corrected chi connectivity index (χ3v) is 7.51. The Bertz CT molecular complexity index is 1300. The highest BCUT2D eigenvalue weighted by Gasteiger charge is 2.23. The molecule has 172 valence electrons. The molecule has 0 bridgehead atoms. The lowest BCUT2D eigenvalue weighted by molar-refractivity contribution is 0.375. The minimum atomic E-state index is -3.80. The van der Waals surface area contributed by atoms with Crippen LogP contribution in [0.3, 0.4) is 0 Å². The largest absolute Gasteiger partial charge is 0.354 e. The van der Waals surface area contributed by atoms with Crippen LogP contribution < -0.4 is 10.6 Å². The first-order valence-corrected chi connectivity index (χ1v) is 12.5. The number of aromatic nitrogens is 1. The lowest BCUT2D eigenvalue weighted by Crippen LogP contribution is -2.37. The molecule has 1 aliphatic heterocycles. The lowest BCUT2D eigenvalue weighted by atomic mass is 10.00. The van der Waals surface area contributed by atoms with E-state index in [4.69, 9.17) is 5.41 Å². The van der Waals surface area contributed by atoms with Gasteiger partial charge in [0.25, 0.3) is 10.0 Å². The molecule has 2 aromatic carbocycles. The van der Waals surface area contributed by atoms with Crippen LogP contribution in [0.4, 0.5) is 0 Å². The van der Waals surface area contributed by atoms with Crippen LogP contribution in [0.2, 0.25) is 0 Å². The summed E-state index contributed by atoms with van der Waals surface area (Å²) < 4.78 is 28.1. The zero-order valence-corrected chi connectivity index (χ0v) is 19.5. The van der Waals surface area contributed by atoms with E-state index in [0.29, 0.717) is 34.8 Å². The number of hydrogen-bond acceptors (Lipinski definition) is 4. The fourth-order valence-corrected chi connectivity index (χ4v) is 5.51. The highest BCUT2D eigenvalue weighted by atomic mass is 32.2. The van der Waals surface area contributed by atoms with Crippen molar-refractivity contribution in [1.29, 1.82) is 5.41 Å². The highest BCUT2D eigenvalue weighted by Crippen LogP contribution is 2.28. The average molecular weight is 464 g/mol. The first-order valence-electron chi connectivity index (χ1n) is 11.1. The van der Waals surface area contributed by atoms with Crippen molar-refractivity contribution in [2.75, 3.05) is 19.6 Å². The summed E-state index contributed by atoms with van der Waals surface area (Å²) in [6.07, 6.45) is 3.84. The summed E-state index contributed by atoms with van der Waals surface area (Å²) in [5.74, 6) is 0.502. The molecule has 1 saturated heterocycles. The van der Waals surface area contributed by atoms with Crippen LogP contribution in [0.5, 0.6) is 0 Å². The van der Waals surface area contributed by atoms with Gasteiger partial charge in [0.15, 0.2) is 0 Å². The summed E-state index contributed by atoms with van der Waals surface area (Å²) in [5.41, 5.74) is 2.33. The number of nitrogens with zero attached hydrogens (tertiary/aromatic N) is 2. The number of allylic oxidation sites excluding steroid dienone is 1. The monoisotopic (exact) mass is 463 g/mol. The van der Waals surface area contributed by atoms with Crippen LogP contribution in [0.15, 0.2) is 82.8 Å². The number of hydrogen-bond donors (Lipinski definition) is 3. The summed E-state index contributed by atoms with van der Waals surface area (Å²) in [6, 6.07) is 15.7. The number of fused-ring (bicyclic) bond motifs is 1. The predicted molar refractivity (Wildman–Crippen MR) is 134 cm³/mol. The van der Waals surface area contributed by atoms with Crippen LogP contribution in [-0.2, 0) is 10.0 Å². The quantitative estimate of drug-likeness (QED) is 0.383. The molecule has 2 heterocycles. The second-order valence-electron chi connectivity index (χ2n) is 8.36. The maximum absolute atomic E-state index is 13.4. The third-order valence-electron chi connectivity index (χ3n) is 5.82. The molecule has 1 atom stereocenters. The smallest absolute Gasteiger partial charge is 0.268 e. The summed E-state index contributed by atoms with van der Waals surface area (Å²) in [5, 5.41) is 15.6. The molecular weight excluding hydrogens is 434 g/mol. The highest BCUT2D eigenvalue weighted by molar-refractivity contribution is 7.90. The minimum absolute atomic E-state index is 0.0429. The van der Waals surface area contributed by atoms with Crippen LogP contribution in [-0.4, -0.2) is 43.7 Å². The van der Waals surface area contributed by atoms with Crippen molar-refractivity contribution < 1.29 is 8.42 Å². The minimum Gasteiger partial charge on any atom is -0.354 e. The zero-order valence-electron chi connectivity index (χ0n) is 18.7. The van der Waals surface area contributed by atoms with Gasteiger partial charge in [-0.2, -0.15) is 0 Å². The van der Waals surface area contributed by atoms with Gasteiger partial charge >= 0.3 is 0 Å². The van der Waals surface area contributed by atoms with Gasteiger partial charge in [0.2, 0.25) is 5.96 Å². The van der Waals surface area contributed by atoms with Crippen molar-refractivity contribution in [2.45, 2.75) is 24.7 Å². The van der Waals surface area contributed by atoms with Gasteiger partial charge in [-0.1, -0.05) is 43.0 Å². The molecule has 1 aromatic heterocycles. The van der Waals surface area contributed by atoms with Gasteiger partial charge < -0.3 is 10.6 Å². The van der Waals surface area contributed by atoms with Crippen molar-refractivity contribution in [3.8, 4) is 0 Å². The number of guanidine groups is 1. The van der Waals surface area contributed by atoms with Crippen molar-refractivity contribution in [3.63, 3.8) is 0 Å². The fraction of sp³-hybridized carbons (Fsp3) is 0.280. The SMILES string of the molecule is C=C(C)/C(=N\C(=N)NCC1CCCNC1)c1cn(S(=O)(=O)c2ccccc2)c2ccccc12. The molecule has 4 rings (SSSR count). The van der Waals surface area contributed by atoms with Gasteiger partial charge in [-0.05, 0) is 62.5 Å². The Labute approximate surface area is 194 Å². The van der Waals surface area contributed by atoms with E-state index in [1.165, 1.54) is 3.97 Å². The van der Waals surface area contributed by atoms with Crippen molar-refractivity contribution in [3.05, 3.63) is 78.5 Å². The second kappa shape index (κ2) is 9.72. The third kappa shape index (κ3) is 4.91. The van der Waals surface area contributed by atoms with Crippen molar-refractivity contribution in [1.82, 2.24) is 14.6 Å². The van der Waals surface area contributed by atoms with Crippen molar-refractivity contribution >= 4 is 32.6 Å². The normalized spacial score (nSPS) is 17.1. The zero-order chi connectivity index (χ0) is 23.4. The van der Waals surface area contributed by atoms with Crippen LogP contribution >= 0.6 is 0 Å². The van der Waals surface area contributed by atoms with E-state index < -0.39 is 10.0 Å². The Balaban J connectivity index is 1.72. The maximum Gasteiger partial charge on any atom is 0.268 e. The summed E-state index contributed by atoms with van der Waals surface area (Å²) in [7, 11) is -3.80. The van der Waals surface area contributed by atoms with E-state index in [1.54, 1.807) is 42.6 Å². The predicted octanol–water partition coefficient (Wildman–Crippen LogP) is 3.77. The summed E-state index contributed by atoms with van der Waals surface area (Å²) in [4.78, 5) is 4.72. The standard InChI is InChI=1S/C25H29N5O2S/c1-18(2)24(29-25(26)28-16-19-9-8-14-27-15-19)22-17-30(23-13-7-6-12-21(22)23)33(31,32)20-10-4-3-5-11-20/h3-7,10-13,17,19,27H,1,8-9,14-16H2,2H3,(H2,26,28)/b29-24+. The molecule has 8 heteroatoms. The van der Waals surface area contributed by atoms with Gasteiger partial charge in [-0.3, -0.25) is 5.41 Å². The van der Waals surface area contributed by atoms with E-state index in [2.05, 4.69) is 22.2 Å². The van der Waals surface area contributed by atoms with Crippen LogP contribution in [0, 0.1) is 11.3 Å². The average Bonchev–Trinajstić information content (AvgIpc) is 3.22. The number of benzene rings is 2. The van der Waals surface area contributed by atoms with E-state index in [-0.39, 0.29) is 10.9 Å². The van der Waals surface area contributed by atoms with Gasteiger partial charge in [0.1, 0.15) is 0 Å². The Hall–Kier alpha value is -3.23. The Morgan fingerprint density at radius 3 is 2.64 bits per heavy atom. The number of piperidine rings is 1. The van der Waals surface area contributed by atoms with E-state index in [0.717, 1.165) is 31.3 Å². The van der Waals surface area contributed by atoms with Crippen LogP contribution in [0.1, 0.15) is 25.3 Å². The van der Waals surface area contributed by atoms with Gasteiger partial charge in [-0.15, -0.1) is 0 Å². The Morgan fingerprint density at radius 1 is 1.21 bits per heavy atom. The second-order valence-corrected chi connectivity index (χ2v) is 10.2. The lowest BCUT2D eigenvalue weighted by Gasteiger charge is -2.22. The van der Waals surface area contributed by atoms with Gasteiger partial charge in [0.05, 0.1) is 16.1 Å². The Morgan fingerprint density at radius 2 is 1.94 bits per heavy atom. The molecule has 1 unspecified atom stereocenters. The number of aliphatic imine (C=N–C) groups is 1. The molecule has 7 nitrogen and oxygen atoms in total. The molecule has 3 N–H and O–H groups in total. The molecule has 33 heavy (non-hydrogen) atoms. The molecule has 3 aromatic rings. The molecule has 0 amide bonds. The molecule has 0 radical (unpaired) electrons. The van der Waals surface area contributed by atoms with E-state index in [1.807, 2.05) is 25.1 Å². The number of para-hydroxylation sites is 1.